The molecule has 0 radical (unpaired) electrons. The molecule has 0 saturated heterocycles. The number of amides is 1. The Morgan fingerprint density at radius 2 is 0.585 bits per heavy atom. The van der Waals surface area contributed by atoms with Crippen LogP contribution in [0.25, 0.3) is 0 Å². The first kappa shape index (κ1) is 99.4. The second-order valence-electron chi connectivity index (χ2n) is 37.7. The van der Waals surface area contributed by atoms with Crippen LogP contribution in [0.15, 0.2) is 147 Å². The van der Waals surface area contributed by atoms with Gasteiger partial charge in [-0.1, -0.05) is 43.5 Å². The van der Waals surface area contributed by atoms with Gasteiger partial charge in [0, 0.05) is 143 Å². The Hall–Kier alpha value is -13.1. The van der Waals surface area contributed by atoms with Crippen molar-refractivity contribution >= 4 is 35.8 Å². The zero-order chi connectivity index (χ0) is 95.4. The molecule has 0 aromatic carbocycles. The first-order valence-corrected chi connectivity index (χ1v) is 48.1. The van der Waals surface area contributed by atoms with E-state index in [1.807, 2.05) is 97.5 Å². The molecule has 0 spiro atoms. The van der Waals surface area contributed by atoms with Gasteiger partial charge in [-0.3, -0.25) is 57.8 Å². The highest BCUT2D eigenvalue weighted by molar-refractivity contribution is 5.88. The maximum Gasteiger partial charge on any atom is 0.416 e. The molecule has 0 saturated carbocycles. The number of hydrogen-bond donors (Lipinski definition) is 3. The van der Waals surface area contributed by atoms with Gasteiger partial charge in [0.15, 0.2) is 0 Å². The molecule has 4 aliphatic rings. The largest absolute Gasteiger partial charge is 0.481 e. The summed E-state index contributed by atoms with van der Waals surface area (Å²) in [4.78, 5) is 115. The Kier molecular flexibility index (Phi) is 35.5. The van der Waals surface area contributed by atoms with Crippen LogP contribution in [0.2, 0.25) is 0 Å². The molecule has 4 unspecified atom stereocenters. The zero-order valence-corrected chi connectivity index (χ0v) is 80.0. The molecular weight excluding hydrogens is 1700 g/mol. The Labute approximate surface area is 791 Å². The SMILES string of the molecule is Cc1ncc(C(CC(=O)O)n2ccc(CCCc3ccc4c(n3)CCCCC4)n2)cn1.Cc1ncc(C(CC(=O)O)n2ccc(CCCc3ccc4c(n3)CCCCC4)n2)cn1.Cc1ncc(C(CC(=O)O)n2ccc(CCCc3ccc4c(n3)CCCCC4)n2)cn1.Cc1ncc(C(CC(=O)OC(C)(C)C)n2ccc(CCCc3ccc4c(n3)N(C(=O)OC(C)(C)C)CCCC4)n2)cn1. The molecular formula is C104H131N21O10. The molecule has 12 aromatic heterocycles. The molecule has 712 valence electrons. The van der Waals surface area contributed by atoms with E-state index >= 15 is 0 Å². The van der Waals surface area contributed by atoms with Gasteiger partial charge in [-0.2, -0.15) is 20.4 Å². The first-order valence-electron chi connectivity index (χ1n) is 48.1. The second-order valence-corrected chi connectivity index (χ2v) is 37.7. The van der Waals surface area contributed by atoms with Crippen LogP contribution in [0, 0.1) is 27.7 Å². The van der Waals surface area contributed by atoms with Crippen molar-refractivity contribution in [1.82, 2.24) is 98.9 Å². The van der Waals surface area contributed by atoms with Crippen molar-refractivity contribution < 1.29 is 48.8 Å². The zero-order valence-electron chi connectivity index (χ0n) is 80.0. The molecule has 1 aliphatic heterocycles. The summed E-state index contributed by atoms with van der Waals surface area (Å²) in [6.45, 7) is 19.1. The highest BCUT2D eigenvalue weighted by Crippen LogP contribution is 2.32. The van der Waals surface area contributed by atoms with Gasteiger partial charge in [-0.15, -0.1) is 0 Å². The fourth-order valence-corrected chi connectivity index (χ4v) is 17.4. The third kappa shape index (κ3) is 30.7. The third-order valence-corrected chi connectivity index (χ3v) is 24.4. The summed E-state index contributed by atoms with van der Waals surface area (Å²) in [5.74, 6) is 0.414. The van der Waals surface area contributed by atoms with Crippen molar-refractivity contribution in [2.45, 2.75) is 323 Å². The summed E-state index contributed by atoms with van der Waals surface area (Å²) >= 11 is 0. The molecule has 135 heavy (non-hydrogen) atoms. The number of fused-ring (bicyclic) bond motifs is 4. The lowest BCUT2D eigenvalue weighted by Gasteiger charge is -2.27. The average molecular weight is 1840 g/mol. The van der Waals surface area contributed by atoms with E-state index in [0.29, 0.717) is 35.7 Å². The van der Waals surface area contributed by atoms with E-state index in [1.165, 1.54) is 91.6 Å². The average Bonchev–Trinajstić information content (AvgIpc) is 1.76. The van der Waals surface area contributed by atoms with Gasteiger partial charge < -0.3 is 24.8 Å². The monoisotopic (exact) mass is 1830 g/mol. The van der Waals surface area contributed by atoms with Gasteiger partial charge in [0.25, 0.3) is 0 Å². The van der Waals surface area contributed by atoms with Crippen molar-refractivity contribution in [3.05, 3.63) is 278 Å². The molecule has 31 nitrogen and oxygen atoms in total. The van der Waals surface area contributed by atoms with Crippen LogP contribution in [0.3, 0.4) is 0 Å². The highest BCUT2D eigenvalue weighted by Gasteiger charge is 2.31. The summed E-state index contributed by atoms with van der Waals surface area (Å²) in [7, 11) is 0. The number of anilines is 1. The minimum absolute atomic E-state index is 0.0629. The number of carboxylic acids is 3. The maximum atomic E-state index is 13.0. The minimum Gasteiger partial charge on any atom is -0.481 e. The van der Waals surface area contributed by atoms with Crippen molar-refractivity contribution in [3.63, 3.8) is 0 Å². The number of pyridine rings is 4. The van der Waals surface area contributed by atoms with Crippen LogP contribution in [-0.2, 0) is 125 Å². The number of carbonyl (C=O) groups excluding carboxylic acids is 2. The van der Waals surface area contributed by atoms with Crippen LogP contribution in [0.5, 0.6) is 0 Å². The van der Waals surface area contributed by atoms with Crippen molar-refractivity contribution in [3.8, 4) is 0 Å². The Morgan fingerprint density at radius 1 is 0.319 bits per heavy atom. The molecule has 4 atom stereocenters. The number of esters is 1. The molecule has 0 bridgehead atoms. The maximum absolute atomic E-state index is 13.0. The van der Waals surface area contributed by atoms with E-state index < -0.39 is 47.2 Å². The van der Waals surface area contributed by atoms with Crippen molar-refractivity contribution in [2.75, 3.05) is 11.4 Å². The number of aromatic nitrogens is 20. The summed E-state index contributed by atoms with van der Waals surface area (Å²) in [5, 5.41) is 46.8. The van der Waals surface area contributed by atoms with Crippen LogP contribution in [-0.4, -0.2) is 162 Å². The van der Waals surface area contributed by atoms with Gasteiger partial charge in [0.2, 0.25) is 0 Å². The molecule has 31 heteroatoms. The topological polar surface area (TPSA) is 394 Å². The number of aliphatic carboxylic acids is 3. The van der Waals surface area contributed by atoms with E-state index in [2.05, 4.69) is 104 Å². The summed E-state index contributed by atoms with van der Waals surface area (Å²) in [5.41, 5.74) is 19.3. The highest BCUT2D eigenvalue weighted by atomic mass is 16.6. The lowest BCUT2D eigenvalue weighted by atomic mass is 10.1. The molecule has 0 fully saturated rings. The Morgan fingerprint density at radius 3 is 0.889 bits per heavy atom. The molecule has 3 aliphatic carbocycles. The van der Waals surface area contributed by atoms with E-state index in [-0.39, 0.29) is 43.8 Å². The van der Waals surface area contributed by atoms with Crippen LogP contribution in [0.4, 0.5) is 10.6 Å². The van der Waals surface area contributed by atoms with Gasteiger partial charge >= 0.3 is 30.0 Å². The minimum atomic E-state index is -0.878. The second kappa shape index (κ2) is 48.2. The van der Waals surface area contributed by atoms with E-state index in [1.54, 1.807) is 94.0 Å². The lowest BCUT2D eigenvalue weighted by Crippen LogP contribution is -2.38. The molecule has 12 aromatic rings. The summed E-state index contributed by atoms with van der Waals surface area (Å²) in [6.07, 6.45) is 52.1. The van der Waals surface area contributed by atoms with E-state index in [0.717, 1.165) is 208 Å². The number of nitrogens with zero attached hydrogens (tertiary/aromatic N) is 21. The molecule has 1 amide bonds. The first-order chi connectivity index (χ1) is 65.0. The predicted molar refractivity (Wildman–Crippen MR) is 511 cm³/mol. The van der Waals surface area contributed by atoms with Gasteiger partial charge in [0.1, 0.15) is 40.3 Å². The third-order valence-electron chi connectivity index (χ3n) is 24.4. The van der Waals surface area contributed by atoms with Gasteiger partial charge in [0.05, 0.1) is 72.6 Å². The predicted octanol–water partition coefficient (Wildman–Crippen LogP) is 17.6. The number of aryl methyl sites for hydroxylation is 19. The normalized spacial score (nSPS) is 14.6. The Balaban J connectivity index is 0.000000154. The molecule has 13 heterocycles. The van der Waals surface area contributed by atoms with Crippen molar-refractivity contribution in [2.24, 2.45) is 0 Å². The van der Waals surface area contributed by atoms with Crippen LogP contribution in [0.1, 0.15) is 318 Å². The molecule has 3 N–H and O–H groups in total. The van der Waals surface area contributed by atoms with E-state index in [9.17, 15) is 39.3 Å². The summed E-state index contributed by atoms with van der Waals surface area (Å²) < 4.78 is 18.2. The van der Waals surface area contributed by atoms with Gasteiger partial charge in [-0.25, -0.2) is 49.7 Å². The molecule has 16 rings (SSSR count). The number of carbonyl (C=O) groups is 5. The number of hydrogen-bond acceptors (Lipinski definition) is 23. The fourth-order valence-electron chi connectivity index (χ4n) is 17.4. The standard InChI is InChI=1S/C32H44N6O4.3C24H29N5O2/c1-22-33-20-24(21-34-22)27(19-28(39)41-31(2,3)4)38-18-16-26(36-38)13-10-12-25-15-14-23-11-8-9-17-37(29(23)35-25)30(40)42-32(5,6)7;3*1-17-25-15-19(16-26-17)23(14-24(30)31)29-13-12-21(28-29)8-5-7-20-11-10-18-6-3-2-4-9-22(18)27-20/h14-16,18,20-21,27H,8-13,17,19H2,1-7H3;3*10-13,15-16,23H,2-9,14H2,1H3,(H,30,31). The smallest absolute Gasteiger partial charge is 0.416 e. The summed E-state index contributed by atoms with van der Waals surface area (Å²) in [6, 6.07) is 23.7. The number of carboxylic acid groups (broad SMARTS) is 3. The Bertz CT molecular complexity index is 5480. The number of ether oxygens (including phenoxy) is 2. The lowest BCUT2D eigenvalue weighted by molar-refractivity contribution is -0.155. The number of rotatable bonds is 32. The van der Waals surface area contributed by atoms with E-state index in [4.69, 9.17) is 34.5 Å². The van der Waals surface area contributed by atoms with Crippen LogP contribution >= 0.6 is 0 Å². The fraction of sp³-hybridized carbons (Fsp3) is 0.490. The quantitative estimate of drug-likeness (QED) is 0.0260. The van der Waals surface area contributed by atoms with Crippen molar-refractivity contribution in [1.29, 1.82) is 0 Å². The van der Waals surface area contributed by atoms with Crippen LogP contribution < -0.4 is 4.90 Å². The van der Waals surface area contributed by atoms with Gasteiger partial charge in [-0.05, 0) is 313 Å².